The van der Waals surface area contributed by atoms with Crippen molar-refractivity contribution < 1.29 is 13.2 Å². The SMILES string of the molecule is O=c1cc(CN2CCCC(CCc3ccccc3C(F)(F)F)C2)[nH]c(=O)[nH]1. The first kappa shape index (κ1) is 19.4. The van der Waals surface area contributed by atoms with E-state index in [1.165, 1.54) is 12.1 Å². The summed E-state index contributed by atoms with van der Waals surface area (Å²) in [7, 11) is 0. The highest BCUT2D eigenvalue weighted by Gasteiger charge is 2.33. The molecule has 146 valence electrons. The largest absolute Gasteiger partial charge is 0.416 e. The number of H-pyrrole nitrogens is 2. The summed E-state index contributed by atoms with van der Waals surface area (Å²) < 4.78 is 39.4. The van der Waals surface area contributed by atoms with Crippen molar-refractivity contribution >= 4 is 0 Å². The lowest BCUT2D eigenvalue weighted by Crippen LogP contribution is -2.36. The van der Waals surface area contributed by atoms with E-state index in [4.69, 9.17) is 0 Å². The fraction of sp³-hybridized carbons (Fsp3) is 0.474. The molecule has 1 atom stereocenters. The fourth-order valence-corrected chi connectivity index (χ4v) is 3.75. The van der Waals surface area contributed by atoms with E-state index in [9.17, 15) is 22.8 Å². The van der Waals surface area contributed by atoms with E-state index in [0.29, 0.717) is 30.6 Å². The Morgan fingerprint density at radius 3 is 2.67 bits per heavy atom. The Morgan fingerprint density at radius 1 is 1.15 bits per heavy atom. The summed E-state index contributed by atoms with van der Waals surface area (Å²) >= 11 is 0. The smallest absolute Gasteiger partial charge is 0.310 e. The summed E-state index contributed by atoms with van der Waals surface area (Å²) in [4.78, 5) is 29.7. The molecular weight excluding hydrogens is 359 g/mol. The predicted octanol–water partition coefficient (Wildman–Crippen LogP) is 2.93. The van der Waals surface area contributed by atoms with Crippen molar-refractivity contribution in [2.45, 2.75) is 38.4 Å². The van der Waals surface area contributed by atoms with Gasteiger partial charge in [-0.25, -0.2) is 4.79 Å². The number of piperidine rings is 1. The maximum absolute atomic E-state index is 13.1. The molecule has 0 spiro atoms. The second-order valence-electron chi connectivity index (χ2n) is 7.05. The highest BCUT2D eigenvalue weighted by atomic mass is 19.4. The molecule has 3 rings (SSSR count). The molecule has 1 aromatic heterocycles. The van der Waals surface area contributed by atoms with Crippen LogP contribution >= 0.6 is 0 Å². The predicted molar refractivity (Wildman–Crippen MR) is 95.4 cm³/mol. The molecule has 1 aliphatic rings. The molecule has 1 saturated heterocycles. The zero-order chi connectivity index (χ0) is 19.4. The maximum atomic E-state index is 13.1. The Bertz CT molecular complexity index is 860. The number of alkyl halides is 3. The molecule has 1 aromatic carbocycles. The van der Waals surface area contributed by atoms with Crippen LogP contribution < -0.4 is 11.2 Å². The number of likely N-dealkylation sites (tertiary alicyclic amines) is 1. The van der Waals surface area contributed by atoms with Crippen LogP contribution in [0.4, 0.5) is 13.2 Å². The molecule has 1 aliphatic heterocycles. The molecular formula is C19H22F3N3O2. The van der Waals surface area contributed by atoms with Crippen LogP contribution in [0.1, 0.15) is 36.1 Å². The minimum Gasteiger partial charge on any atom is -0.310 e. The number of hydrogen-bond acceptors (Lipinski definition) is 3. The molecule has 0 saturated carbocycles. The Hall–Kier alpha value is -2.35. The zero-order valence-corrected chi connectivity index (χ0v) is 14.8. The molecule has 27 heavy (non-hydrogen) atoms. The van der Waals surface area contributed by atoms with Gasteiger partial charge in [-0.05, 0) is 49.8 Å². The molecule has 0 radical (unpaired) electrons. The van der Waals surface area contributed by atoms with E-state index in [1.54, 1.807) is 12.1 Å². The summed E-state index contributed by atoms with van der Waals surface area (Å²) in [6.07, 6.45) is -1.36. The normalized spacial score (nSPS) is 18.6. The first-order chi connectivity index (χ1) is 12.8. The topological polar surface area (TPSA) is 69.0 Å². The average Bonchev–Trinajstić information content (AvgIpc) is 2.59. The number of aromatic amines is 2. The molecule has 5 nitrogen and oxygen atoms in total. The van der Waals surface area contributed by atoms with Gasteiger partial charge in [-0.15, -0.1) is 0 Å². The lowest BCUT2D eigenvalue weighted by atomic mass is 9.90. The Labute approximate surface area is 154 Å². The summed E-state index contributed by atoms with van der Waals surface area (Å²) in [6, 6.07) is 7.10. The molecule has 0 amide bonds. The maximum Gasteiger partial charge on any atom is 0.416 e. The Kier molecular flexibility index (Phi) is 5.84. The van der Waals surface area contributed by atoms with Gasteiger partial charge in [-0.3, -0.25) is 14.7 Å². The number of nitrogens with zero attached hydrogens (tertiary/aromatic N) is 1. The Balaban J connectivity index is 1.61. The van der Waals surface area contributed by atoms with Crippen molar-refractivity contribution in [2.24, 2.45) is 5.92 Å². The quantitative estimate of drug-likeness (QED) is 0.837. The van der Waals surface area contributed by atoms with E-state index in [1.807, 2.05) is 0 Å². The van der Waals surface area contributed by atoms with Gasteiger partial charge in [0.05, 0.1) is 5.56 Å². The number of benzene rings is 1. The zero-order valence-electron chi connectivity index (χ0n) is 14.8. The van der Waals surface area contributed by atoms with Crippen molar-refractivity contribution in [1.29, 1.82) is 0 Å². The van der Waals surface area contributed by atoms with Gasteiger partial charge in [-0.1, -0.05) is 18.2 Å². The summed E-state index contributed by atoms with van der Waals surface area (Å²) in [5.74, 6) is 0.286. The number of halogens is 3. The van der Waals surface area contributed by atoms with Gasteiger partial charge >= 0.3 is 11.9 Å². The van der Waals surface area contributed by atoms with Gasteiger partial charge in [0.1, 0.15) is 0 Å². The minimum absolute atomic E-state index is 0.286. The second kappa shape index (κ2) is 8.12. The Morgan fingerprint density at radius 2 is 1.93 bits per heavy atom. The number of nitrogens with one attached hydrogen (secondary N) is 2. The average molecular weight is 381 g/mol. The van der Waals surface area contributed by atoms with Gasteiger partial charge in [0.15, 0.2) is 0 Å². The van der Waals surface area contributed by atoms with Gasteiger partial charge in [0.25, 0.3) is 5.56 Å². The van der Waals surface area contributed by atoms with E-state index < -0.39 is 23.0 Å². The number of aromatic nitrogens is 2. The summed E-state index contributed by atoms with van der Waals surface area (Å²) in [5.41, 5.74) is -0.646. The molecule has 0 aliphatic carbocycles. The third-order valence-corrected chi connectivity index (χ3v) is 4.96. The van der Waals surface area contributed by atoms with Gasteiger partial charge < -0.3 is 4.98 Å². The van der Waals surface area contributed by atoms with Crippen molar-refractivity contribution in [3.63, 3.8) is 0 Å². The third-order valence-electron chi connectivity index (χ3n) is 4.96. The minimum atomic E-state index is -4.33. The van der Waals surface area contributed by atoms with E-state index in [0.717, 1.165) is 32.0 Å². The molecule has 2 aromatic rings. The highest BCUT2D eigenvalue weighted by Crippen LogP contribution is 2.33. The molecule has 1 unspecified atom stereocenters. The van der Waals surface area contributed by atoms with Gasteiger partial charge in [0.2, 0.25) is 0 Å². The monoisotopic (exact) mass is 381 g/mol. The van der Waals surface area contributed by atoms with E-state index in [2.05, 4.69) is 14.9 Å². The highest BCUT2D eigenvalue weighted by molar-refractivity contribution is 5.29. The van der Waals surface area contributed by atoms with Crippen LogP contribution in [-0.4, -0.2) is 28.0 Å². The second-order valence-corrected chi connectivity index (χ2v) is 7.05. The van der Waals surface area contributed by atoms with Crippen LogP contribution in [0.2, 0.25) is 0 Å². The van der Waals surface area contributed by atoms with Crippen LogP contribution in [0, 0.1) is 5.92 Å². The van der Waals surface area contributed by atoms with Crippen molar-refractivity contribution in [3.8, 4) is 0 Å². The fourth-order valence-electron chi connectivity index (χ4n) is 3.75. The lowest BCUT2D eigenvalue weighted by molar-refractivity contribution is -0.138. The summed E-state index contributed by atoms with van der Waals surface area (Å²) in [5, 5.41) is 0. The first-order valence-corrected chi connectivity index (χ1v) is 9.01. The molecule has 1 fully saturated rings. The van der Waals surface area contributed by atoms with Gasteiger partial charge in [0, 0.05) is 24.8 Å². The number of aryl methyl sites for hydroxylation is 1. The van der Waals surface area contributed by atoms with Crippen LogP contribution in [0.15, 0.2) is 39.9 Å². The lowest BCUT2D eigenvalue weighted by Gasteiger charge is -2.32. The van der Waals surface area contributed by atoms with E-state index >= 15 is 0 Å². The van der Waals surface area contributed by atoms with Crippen molar-refractivity contribution in [1.82, 2.24) is 14.9 Å². The number of rotatable bonds is 5. The number of hydrogen-bond donors (Lipinski definition) is 2. The first-order valence-electron chi connectivity index (χ1n) is 9.01. The van der Waals surface area contributed by atoms with Crippen LogP contribution in [-0.2, 0) is 19.1 Å². The van der Waals surface area contributed by atoms with Crippen molar-refractivity contribution in [3.05, 3.63) is 68.0 Å². The summed E-state index contributed by atoms with van der Waals surface area (Å²) in [6.45, 7) is 2.03. The van der Waals surface area contributed by atoms with Crippen LogP contribution in [0.5, 0.6) is 0 Å². The van der Waals surface area contributed by atoms with Crippen LogP contribution in [0.3, 0.4) is 0 Å². The van der Waals surface area contributed by atoms with Crippen molar-refractivity contribution in [2.75, 3.05) is 13.1 Å². The van der Waals surface area contributed by atoms with Crippen LogP contribution in [0.25, 0.3) is 0 Å². The molecule has 8 heteroatoms. The van der Waals surface area contributed by atoms with Gasteiger partial charge in [-0.2, -0.15) is 13.2 Å². The molecule has 0 bridgehead atoms. The standard InChI is InChI=1S/C19H22F3N3O2/c20-19(21,22)16-6-2-1-5-14(16)8-7-13-4-3-9-25(11-13)12-15-10-17(26)24-18(27)23-15/h1-2,5-6,10,13H,3-4,7-9,11-12H2,(H2,23,24,26,27). The molecule has 2 N–H and O–H groups in total. The third kappa shape index (κ3) is 5.32. The molecule has 2 heterocycles. The van der Waals surface area contributed by atoms with E-state index in [-0.39, 0.29) is 5.92 Å².